The molecule has 2 aliphatic carbocycles. The molecule has 6 heteroatoms. The molecule has 2 N–H and O–H groups in total. The lowest BCUT2D eigenvalue weighted by molar-refractivity contribution is -0.141. The molecule has 0 radical (unpaired) electrons. The van der Waals surface area contributed by atoms with Crippen molar-refractivity contribution in [3.8, 4) is 0 Å². The van der Waals surface area contributed by atoms with E-state index >= 15 is 0 Å². The first kappa shape index (κ1) is 16.7. The van der Waals surface area contributed by atoms with Crippen LogP contribution in [0.3, 0.4) is 0 Å². The number of carbonyl (C=O) groups excluding carboxylic acids is 1. The van der Waals surface area contributed by atoms with Crippen LogP contribution in [-0.2, 0) is 19.4 Å². The summed E-state index contributed by atoms with van der Waals surface area (Å²) in [5, 5.41) is -0.476. The van der Waals surface area contributed by atoms with E-state index in [4.69, 9.17) is 5.73 Å². The highest BCUT2D eigenvalue weighted by atomic mass is 32.2. The van der Waals surface area contributed by atoms with Gasteiger partial charge in [-0.25, -0.2) is 8.42 Å². The van der Waals surface area contributed by atoms with Gasteiger partial charge in [0.15, 0.2) is 9.84 Å². The number of esters is 1. The number of nitrogens with two attached hydrogens (primary N) is 1. The monoisotopic (exact) mass is 317 g/mol. The average Bonchev–Trinajstić information content (AvgIpc) is 3.10. The van der Waals surface area contributed by atoms with Crippen LogP contribution in [0.25, 0.3) is 0 Å². The van der Waals surface area contributed by atoms with E-state index in [1.165, 1.54) is 7.11 Å². The molecule has 2 rings (SSSR count). The van der Waals surface area contributed by atoms with E-state index in [9.17, 15) is 13.2 Å². The Morgan fingerprint density at radius 3 is 2.43 bits per heavy atom. The van der Waals surface area contributed by atoms with Gasteiger partial charge in [0.1, 0.15) is 0 Å². The highest BCUT2D eigenvalue weighted by Gasteiger charge is 2.51. The third kappa shape index (κ3) is 3.97. The Kier molecular flexibility index (Phi) is 4.42. The molecule has 2 unspecified atom stereocenters. The summed E-state index contributed by atoms with van der Waals surface area (Å²) in [5.74, 6) is -0.250. The van der Waals surface area contributed by atoms with Crippen molar-refractivity contribution < 1.29 is 17.9 Å². The molecular weight excluding hydrogens is 290 g/mol. The number of sulfone groups is 1. The second-order valence-electron chi connectivity index (χ2n) is 7.67. The Morgan fingerprint density at radius 2 is 1.90 bits per heavy atom. The van der Waals surface area contributed by atoms with Crippen LogP contribution in [-0.4, -0.2) is 38.5 Å². The largest absolute Gasteiger partial charge is 0.469 e. The minimum absolute atomic E-state index is 0.0205. The van der Waals surface area contributed by atoms with Crippen LogP contribution in [0.4, 0.5) is 0 Å². The van der Waals surface area contributed by atoms with Gasteiger partial charge in [0.2, 0.25) is 0 Å². The Balaban J connectivity index is 2.09. The van der Waals surface area contributed by atoms with E-state index in [0.717, 1.165) is 25.7 Å². The van der Waals surface area contributed by atoms with Gasteiger partial charge < -0.3 is 10.5 Å². The van der Waals surface area contributed by atoms with Gasteiger partial charge in [0.25, 0.3) is 0 Å². The normalized spacial score (nSPS) is 30.7. The summed E-state index contributed by atoms with van der Waals surface area (Å²) in [5.41, 5.74) is 5.71. The molecule has 0 aromatic heterocycles. The fraction of sp³-hybridized carbons (Fsp3) is 0.933. The van der Waals surface area contributed by atoms with Crippen molar-refractivity contribution >= 4 is 15.8 Å². The number of rotatable bonds is 5. The molecule has 0 aromatic carbocycles. The summed E-state index contributed by atoms with van der Waals surface area (Å²) in [6.45, 7) is 4.20. The van der Waals surface area contributed by atoms with E-state index in [0.29, 0.717) is 6.42 Å². The van der Waals surface area contributed by atoms with Gasteiger partial charge in [-0.05, 0) is 42.9 Å². The van der Waals surface area contributed by atoms with Crippen LogP contribution in [0.2, 0.25) is 0 Å². The maximum absolute atomic E-state index is 12.8. The minimum Gasteiger partial charge on any atom is -0.469 e. The zero-order valence-corrected chi connectivity index (χ0v) is 14.0. The van der Waals surface area contributed by atoms with E-state index in [-0.39, 0.29) is 29.6 Å². The van der Waals surface area contributed by atoms with Crippen LogP contribution in [0.15, 0.2) is 0 Å². The molecule has 2 atom stereocenters. The van der Waals surface area contributed by atoms with Crippen molar-refractivity contribution in [1.29, 1.82) is 0 Å². The quantitative estimate of drug-likeness (QED) is 0.779. The van der Waals surface area contributed by atoms with Crippen LogP contribution in [0.5, 0.6) is 0 Å². The maximum atomic E-state index is 12.8. The number of hydrogen-bond donors (Lipinski definition) is 1. The molecule has 0 amide bonds. The topological polar surface area (TPSA) is 86.5 Å². The lowest BCUT2D eigenvalue weighted by atomic mass is 9.75. The number of hydrogen-bond acceptors (Lipinski definition) is 5. The number of ether oxygens (including phenoxy) is 1. The first-order valence-electron chi connectivity index (χ1n) is 7.63. The van der Waals surface area contributed by atoms with E-state index in [1.54, 1.807) is 0 Å². The van der Waals surface area contributed by atoms with E-state index in [1.807, 2.05) is 0 Å². The lowest BCUT2D eigenvalue weighted by Crippen LogP contribution is -2.49. The molecular formula is C15H27NO4S. The second kappa shape index (κ2) is 5.54. The Labute approximate surface area is 127 Å². The SMILES string of the molecule is COC(=O)CC1(CS(=O)(=O)C2CC(C)(C)CCC2N)CC1. The fourth-order valence-corrected chi connectivity index (χ4v) is 6.23. The summed E-state index contributed by atoms with van der Waals surface area (Å²) in [4.78, 5) is 11.5. The third-order valence-electron chi connectivity index (χ3n) is 5.06. The Hall–Kier alpha value is -0.620. The molecule has 0 aliphatic heterocycles. The summed E-state index contributed by atoms with van der Waals surface area (Å²) in [6.07, 6.45) is 4.10. The van der Waals surface area contributed by atoms with Crippen LogP contribution >= 0.6 is 0 Å². The molecule has 2 aliphatic rings. The number of carbonyl (C=O) groups is 1. The van der Waals surface area contributed by atoms with Gasteiger partial charge >= 0.3 is 5.97 Å². The molecule has 21 heavy (non-hydrogen) atoms. The van der Waals surface area contributed by atoms with Gasteiger partial charge in [-0.2, -0.15) is 0 Å². The zero-order chi connectivity index (χ0) is 15.9. The van der Waals surface area contributed by atoms with Crippen LogP contribution < -0.4 is 5.73 Å². The predicted molar refractivity (Wildman–Crippen MR) is 81.5 cm³/mol. The Bertz CT molecular complexity index is 508. The maximum Gasteiger partial charge on any atom is 0.306 e. The minimum atomic E-state index is -3.29. The van der Waals surface area contributed by atoms with Crippen molar-refractivity contribution in [2.45, 2.75) is 63.7 Å². The van der Waals surface area contributed by atoms with Crippen LogP contribution in [0, 0.1) is 10.8 Å². The molecule has 122 valence electrons. The van der Waals surface area contributed by atoms with Gasteiger partial charge in [-0.15, -0.1) is 0 Å². The highest BCUT2D eigenvalue weighted by molar-refractivity contribution is 7.92. The molecule has 0 aromatic rings. The molecule has 2 saturated carbocycles. The van der Waals surface area contributed by atoms with Crippen molar-refractivity contribution in [3.05, 3.63) is 0 Å². The van der Waals surface area contributed by atoms with Gasteiger partial charge in [-0.1, -0.05) is 13.8 Å². The van der Waals surface area contributed by atoms with Crippen molar-refractivity contribution in [2.75, 3.05) is 12.9 Å². The van der Waals surface area contributed by atoms with Crippen molar-refractivity contribution in [2.24, 2.45) is 16.6 Å². The van der Waals surface area contributed by atoms with E-state index < -0.39 is 20.5 Å². The highest BCUT2D eigenvalue weighted by Crippen LogP contribution is 2.51. The number of methoxy groups -OCH3 is 1. The molecule has 0 bridgehead atoms. The molecule has 0 heterocycles. The first-order chi connectivity index (χ1) is 9.59. The molecule has 2 fully saturated rings. The lowest BCUT2D eigenvalue weighted by Gasteiger charge is -2.39. The predicted octanol–water partition coefficient (Wildman–Crippen LogP) is 1.65. The molecule has 5 nitrogen and oxygen atoms in total. The molecule has 0 saturated heterocycles. The molecule has 0 spiro atoms. The zero-order valence-electron chi connectivity index (χ0n) is 13.2. The Morgan fingerprint density at radius 1 is 1.29 bits per heavy atom. The van der Waals surface area contributed by atoms with Gasteiger partial charge in [-0.3, -0.25) is 4.79 Å². The van der Waals surface area contributed by atoms with Gasteiger partial charge in [0, 0.05) is 6.04 Å². The summed E-state index contributed by atoms with van der Waals surface area (Å²) in [6, 6.07) is -0.281. The average molecular weight is 317 g/mol. The summed E-state index contributed by atoms with van der Waals surface area (Å²) in [7, 11) is -1.95. The van der Waals surface area contributed by atoms with Crippen molar-refractivity contribution in [1.82, 2.24) is 0 Å². The summed E-state index contributed by atoms with van der Waals surface area (Å²) < 4.78 is 30.2. The summed E-state index contributed by atoms with van der Waals surface area (Å²) >= 11 is 0. The second-order valence-corrected chi connectivity index (χ2v) is 9.89. The van der Waals surface area contributed by atoms with Crippen molar-refractivity contribution in [3.63, 3.8) is 0 Å². The third-order valence-corrected chi connectivity index (χ3v) is 7.51. The fourth-order valence-electron chi connectivity index (χ4n) is 3.40. The van der Waals surface area contributed by atoms with Crippen LogP contribution in [0.1, 0.15) is 52.4 Å². The first-order valence-corrected chi connectivity index (χ1v) is 9.35. The smallest absolute Gasteiger partial charge is 0.306 e. The van der Waals surface area contributed by atoms with Gasteiger partial charge in [0.05, 0.1) is 24.5 Å². The standard InChI is InChI=1S/C15H27NO4S/c1-14(2)5-4-11(16)12(8-14)21(18,19)10-15(6-7-15)9-13(17)20-3/h11-12H,4-10,16H2,1-3H3. The van der Waals surface area contributed by atoms with E-state index in [2.05, 4.69) is 18.6 Å².